The van der Waals surface area contributed by atoms with Crippen LogP contribution in [-0.4, -0.2) is 18.9 Å². The van der Waals surface area contributed by atoms with E-state index in [0.717, 1.165) is 25.1 Å². The van der Waals surface area contributed by atoms with Crippen LogP contribution in [0.4, 0.5) is 10.1 Å². The number of hydrogen-bond acceptors (Lipinski definition) is 3. The van der Waals surface area contributed by atoms with Crippen molar-refractivity contribution >= 4 is 11.5 Å². The Morgan fingerprint density at radius 2 is 2.33 bits per heavy atom. The van der Waals surface area contributed by atoms with E-state index in [1.165, 1.54) is 12.1 Å². The van der Waals surface area contributed by atoms with E-state index in [2.05, 4.69) is 0 Å². The second kappa shape index (κ2) is 5.18. The molecular formula is C14H15FN2O. The van der Waals surface area contributed by atoms with Crippen molar-refractivity contribution in [3.8, 4) is 6.07 Å². The van der Waals surface area contributed by atoms with E-state index < -0.39 is 5.82 Å². The molecule has 0 N–H and O–H groups in total. The van der Waals surface area contributed by atoms with Gasteiger partial charge in [0.05, 0.1) is 11.3 Å². The number of nitrogens with zero attached hydrogens (tertiary/aromatic N) is 2. The molecule has 0 saturated carbocycles. The summed E-state index contributed by atoms with van der Waals surface area (Å²) in [5.74, 6) is -0.203. The van der Waals surface area contributed by atoms with Crippen molar-refractivity contribution in [2.45, 2.75) is 19.8 Å². The number of halogens is 1. The van der Waals surface area contributed by atoms with Crippen molar-refractivity contribution in [2.24, 2.45) is 5.92 Å². The topological polar surface area (TPSA) is 44.1 Å². The molecule has 1 aromatic rings. The molecule has 1 atom stereocenters. The Labute approximate surface area is 106 Å². The molecule has 0 spiro atoms. The smallest absolute Gasteiger partial charge is 0.134 e. The predicted molar refractivity (Wildman–Crippen MR) is 66.7 cm³/mol. The maximum absolute atomic E-state index is 13.1. The van der Waals surface area contributed by atoms with Crippen molar-refractivity contribution < 1.29 is 9.18 Å². The van der Waals surface area contributed by atoms with Gasteiger partial charge in [-0.25, -0.2) is 4.39 Å². The minimum Gasteiger partial charge on any atom is -0.370 e. The van der Waals surface area contributed by atoms with Crippen molar-refractivity contribution in [1.29, 1.82) is 5.26 Å². The van der Waals surface area contributed by atoms with E-state index >= 15 is 0 Å². The molecule has 2 rings (SSSR count). The fourth-order valence-corrected chi connectivity index (χ4v) is 2.40. The number of rotatable bonds is 2. The molecule has 4 heteroatoms. The summed E-state index contributed by atoms with van der Waals surface area (Å²) in [4.78, 5) is 13.4. The summed E-state index contributed by atoms with van der Waals surface area (Å²) < 4.78 is 13.1. The number of ketones is 1. The largest absolute Gasteiger partial charge is 0.370 e. The molecule has 1 aromatic carbocycles. The molecular weight excluding hydrogens is 231 g/mol. The van der Waals surface area contributed by atoms with Crippen LogP contribution in [0.2, 0.25) is 0 Å². The Bertz CT molecular complexity index is 507. The third-order valence-corrected chi connectivity index (χ3v) is 3.42. The SMILES string of the molecule is CC(=O)C1CCCN(c2ccc(F)cc2C#N)C1. The first kappa shape index (κ1) is 12.6. The molecule has 18 heavy (non-hydrogen) atoms. The Balaban J connectivity index is 2.26. The molecule has 0 radical (unpaired) electrons. The van der Waals surface area contributed by atoms with Crippen LogP contribution >= 0.6 is 0 Å². The van der Waals surface area contributed by atoms with Crippen LogP contribution in [0.25, 0.3) is 0 Å². The van der Waals surface area contributed by atoms with Gasteiger partial charge in [0.25, 0.3) is 0 Å². The Hall–Kier alpha value is -1.89. The van der Waals surface area contributed by atoms with Gasteiger partial charge in [-0.3, -0.25) is 4.79 Å². The monoisotopic (exact) mass is 246 g/mol. The fraction of sp³-hybridized carbons (Fsp3) is 0.429. The summed E-state index contributed by atoms with van der Waals surface area (Å²) in [6, 6.07) is 6.23. The molecule has 1 unspecified atom stereocenters. The number of carbonyl (C=O) groups is 1. The average molecular weight is 246 g/mol. The first-order valence-electron chi connectivity index (χ1n) is 6.07. The highest BCUT2D eigenvalue weighted by Crippen LogP contribution is 2.27. The zero-order valence-corrected chi connectivity index (χ0v) is 10.3. The quantitative estimate of drug-likeness (QED) is 0.805. The van der Waals surface area contributed by atoms with Crippen LogP contribution in [0.1, 0.15) is 25.3 Å². The first-order chi connectivity index (χ1) is 8.61. The van der Waals surface area contributed by atoms with Gasteiger partial charge in [-0.1, -0.05) is 0 Å². The van der Waals surface area contributed by atoms with Crippen LogP contribution < -0.4 is 4.90 Å². The average Bonchev–Trinajstić information content (AvgIpc) is 2.38. The second-order valence-electron chi connectivity index (χ2n) is 4.67. The fourth-order valence-electron chi connectivity index (χ4n) is 2.40. The van der Waals surface area contributed by atoms with Crippen molar-refractivity contribution in [3.05, 3.63) is 29.6 Å². The van der Waals surface area contributed by atoms with Gasteiger partial charge in [0, 0.05) is 19.0 Å². The van der Waals surface area contributed by atoms with Crippen LogP contribution in [-0.2, 0) is 4.79 Å². The lowest BCUT2D eigenvalue weighted by molar-refractivity contribution is -0.120. The Morgan fingerprint density at radius 3 is 3.00 bits per heavy atom. The van der Waals surface area contributed by atoms with Crippen molar-refractivity contribution in [3.63, 3.8) is 0 Å². The van der Waals surface area contributed by atoms with E-state index in [1.807, 2.05) is 11.0 Å². The van der Waals surface area contributed by atoms with Gasteiger partial charge in [-0.15, -0.1) is 0 Å². The van der Waals surface area contributed by atoms with Crippen molar-refractivity contribution in [1.82, 2.24) is 0 Å². The lowest BCUT2D eigenvalue weighted by atomic mass is 9.94. The van der Waals surface area contributed by atoms with E-state index in [1.54, 1.807) is 13.0 Å². The number of anilines is 1. The molecule has 0 amide bonds. The summed E-state index contributed by atoms with van der Waals surface area (Å²) in [6.07, 6.45) is 1.82. The van der Waals surface area contributed by atoms with Gasteiger partial charge in [-0.2, -0.15) is 5.26 Å². The zero-order valence-electron chi connectivity index (χ0n) is 10.3. The minimum absolute atomic E-state index is 0.0235. The number of piperidine rings is 1. The third-order valence-electron chi connectivity index (χ3n) is 3.42. The Morgan fingerprint density at radius 1 is 1.56 bits per heavy atom. The van der Waals surface area contributed by atoms with Gasteiger partial charge in [0.2, 0.25) is 0 Å². The summed E-state index contributed by atoms with van der Waals surface area (Å²) in [5, 5.41) is 9.04. The summed E-state index contributed by atoms with van der Waals surface area (Å²) >= 11 is 0. The number of carbonyl (C=O) groups excluding carboxylic acids is 1. The molecule has 0 aliphatic carbocycles. The van der Waals surface area contributed by atoms with Gasteiger partial charge in [0.1, 0.15) is 17.7 Å². The van der Waals surface area contributed by atoms with Gasteiger partial charge in [0.15, 0.2) is 0 Å². The maximum Gasteiger partial charge on any atom is 0.134 e. The molecule has 3 nitrogen and oxygen atoms in total. The Kier molecular flexibility index (Phi) is 3.61. The van der Waals surface area contributed by atoms with E-state index in [-0.39, 0.29) is 11.7 Å². The molecule has 0 bridgehead atoms. The molecule has 1 aliphatic heterocycles. The molecule has 1 aliphatic rings. The number of benzene rings is 1. The normalized spacial score (nSPS) is 19.4. The van der Waals surface area contributed by atoms with Crippen LogP contribution in [0.5, 0.6) is 0 Å². The maximum atomic E-state index is 13.1. The third kappa shape index (κ3) is 2.51. The molecule has 1 heterocycles. The highest BCUT2D eigenvalue weighted by molar-refractivity contribution is 5.79. The van der Waals surface area contributed by atoms with E-state index in [9.17, 15) is 9.18 Å². The van der Waals surface area contributed by atoms with Gasteiger partial charge < -0.3 is 4.90 Å². The van der Waals surface area contributed by atoms with Gasteiger partial charge in [-0.05, 0) is 38.0 Å². The first-order valence-corrected chi connectivity index (χ1v) is 6.07. The van der Waals surface area contributed by atoms with Crippen molar-refractivity contribution in [2.75, 3.05) is 18.0 Å². The number of Topliss-reactive ketones (excluding diaryl/α,β-unsaturated/α-hetero) is 1. The standard InChI is InChI=1S/C14H15FN2O/c1-10(18)11-3-2-6-17(9-11)14-5-4-13(15)7-12(14)8-16/h4-5,7,11H,2-3,6,9H2,1H3. The lowest BCUT2D eigenvalue weighted by Crippen LogP contribution is -2.38. The molecule has 1 fully saturated rings. The highest BCUT2D eigenvalue weighted by Gasteiger charge is 2.24. The second-order valence-corrected chi connectivity index (χ2v) is 4.67. The van der Waals surface area contributed by atoms with Gasteiger partial charge >= 0.3 is 0 Å². The lowest BCUT2D eigenvalue weighted by Gasteiger charge is -2.33. The zero-order chi connectivity index (χ0) is 13.1. The van der Waals surface area contributed by atoms with E-state index in [0.29, 0.717) is 12.1 Å². The van der Waals surface area contributed by atoms with Crippen LogP contribution in [0.3, 0.4) is 0 Å². The summed E-state index contributed by atoms with van der Waals surface area (Å²) in [6.45, 7) is 3.03. The summed E-state index contributed by atoms with van der Waals surface area (Å²) in [5.41, 5.74) is 1.06. The summed E-state index contributed by atoms with van der Waals surface area (Å²) in [7, 11) is 0. The number of hydrogen-bond donors (Lipinski definition) is 0. The molecule has 0 aromatic heterocycles. The molecule has 1 saturated heterocycles. The minimum atomic E-state index is -0.407. The van der Waals surface area contributed by atoms with Crippen LogP contribution in [0.15, 0.2) is 18.2 Å². The molecule has 94 valence electrons. The van der Waals surface area contributed by atoms with Crippen LogP contribution in [0, 0.1) is 23.1 Å². The highest BCUT2D eigenvalue weighted by atomic mass is 19.1. The number of nitriles is 1. The van der Waals surface area contributed by atoms with E-state index in [4.69, 9.17) is 5.26 Å². The predicted octanol–water partition coefficient (Wildman–Crippen LogP) is 2.50.